The minimum atomic E-state index is -0.184. The second kappa shape index (κ2) is 6.29. The molecular formula is C15H14BrClN2O. The average Bonchev–Trinajstić information content (AvgIpc) is 2.42. The molecule has 0 saturated carbocycles. The molecule has 0 aliphatic rings. The minimum Gasteiger partial charge on any atom is -0.388 e. The van der Waals surface area contributed by atoms with Gasteiger partial charge in [-0.1, -0.05) is 27.5 Å². The number of anilines is 2. The highest BCUT2D eigenvalue weighted by Crippen LogP contribution is 2.26. The number of amides is 1. The van der Waals surface area contributed by atoms with Crippen molar-refractivity contribution in [2.24, 2.45) is 0 Å². The molecule has 0 aromatic heterocycles. The molecule has 0 atom stereocenters. The molecule has 0 bridgehead atoms. The summed E-state index contributed by atoms with van der Waals surface area (Å²) in [6.45, 7) is 1.95. The lowest BCUT2D eigenvalue weighted by Crippen LogP contribution is -2.12. The van der Waals surface area contributed by atoms with Gasteiger partial charge in [-0.3, -0.25) is 4.79 Å². The highest BCUT2D eigenvalue weighted by molar-refractivity contribution is 9.10. The summed E-state index contributed by atoms with van der Waals surface area (Å²) in [6, 6.07) is 10.8. The number of hydrogen-bond acceptors (Lipinski definition) is 2. The number of benzene rings is 2. The van der Waals surface area contributed by atoms with E-state index in [0.717, 1.165) is 15.7 Å². The number of aryl methyl sites for hydroxylation is 1. The second-order valence-corrected chi connectivity index (χ2v) is 5.68. The van der Waals surface area contributed by atoms with Crippen molar-refractivity contribution in [2.75, 3.05) is 17.7 Å². The van der Waals surface area contributed by atoms with E-state index in [4.69, 9.17) is 11.6 Å². The third-order valence-electron chi connectivity index (χ3n) is 2.93. The molecule has 0 aliphatic heterocycles. The third-order valence-corrected chi connectivity index (χ3v) is 3.76. The zero-order chi connectivity index (χ0) is 14.7. The Morgan fingerprint density at radius 3 is 2.55 bits per heavy atom. The van der Waals surface area contributed by atoms with Crippen molar-refractivity contribution in [3.8, 4) is 0 Å². The van der Waals surface area contributed by atoms with Gasteiger partial charge >= 0.3 is 0 Å². The van der Waals surface area contributed by atoms with Crippen molar-refractivity contribution in [3.05, 3.63) is 57.0 Å². The summed E-state index contributed by atoms with van der Waals surface area (Å²) in [5, 5.41) is 6.38. The van der Waals surface area contributed by atoms with Gasteiger partial charge in [-0.15, -0.1) is 0 Å². The summed E-state index contributed by atoms with van der Waals surface area (Å²) in [7, 11) is 1.85. The van der Waals surface area contributed by atoms with E-state index in [0.29, 0.717) is 16.3 Å². The van der Waals surface area contributed by atoms with Gasteiger partial charge in [-0.05, 0) is 48.9 Å². The fraction of sp³-hybridized carbons (Fsp3) is 0.133. The van der Waals surface area contributed by atoms with Crippen LogP contribution in [-0.2, 0) is 0 Å². The van der Waals surface area contributed by atoms with Crippen LogP contribution in [0.1, 0.15) is 15.9 Å². The van der Waals surface area contributed by atoms with Gasteiger partial charge in [0.25, 0.3) is 5.91 Å². The molecular weight excluding hydrogens is 340 g/mol. The molecule has 104 valence electrons. The lowest BCUT2D eigenvalue weighted by Gasteiger charge is -2.10. The Bertz CT molecular complexity index is 658. The van der Waals surface area contributed by atoms with E-state index in [1.807, 2.05) is 32.2 Å². The predicted molar refractivity (Wildman–Crippen MR) is 87.8 cm³/mol. The number of carbonyl (C=O) groups is 1. The molecule has 5 heteroatoms. The van der Waals surface area contributed by atoms with Gasteiger partial charge in [-0.2, -0.15) is 0 Å². The van der Waals surface area contributed by atoms with Gasteiger partial charge in [0.1, 0.15) is 0 Å². The lowest BCUT2D eigenvalue weighted by molar-refractivity contribution is 0.102. The minimum absolute atomic E-state index is 0.184. The zero-order valence-corrected chi connectivity index (χ0v) is 13.5. The third kappa shape index (κ3) is 3.32. The average molecular weight is 354 g/mol. The number of hydrogen-bond donors (Lipinski definition) is 2. The Morgan fingerprint density at radius 2 is 1.90 bits per heavy atom. The smallest absolute Gasteiger partial charge is 0.255 e. The summed E-state index contributed by atoms with van der Waals surface area (Å²) >= 11 is 9.42. The summed E-state index contributed by atoms with van der Waals surface area (Å²) in [4.78, 5) is 12.2. The molecule has 0 spiro atoms. The van der Waals surface area contributed by atoms with E-state index in [1.54, 1.807) is 18.2 Å². The molecule has 0 radical (unpaired) electrons. The Balaban J connectivity index is 2.24. The first-order valence-corrected chi connectivity index (χ1v) is 7.23. The van der Waals surface area contributed by atoms with Crippen molar-refractivity contribution < 1.29 is 4.79 Å². The van der Waals surface area contributed by atoms with Crippen LogP contribution in [0.2, 0.25) is 5.02 Å². The normalized spacial score (nSPS) is 10.2. The quantitative estimate of drug-likeness (QED) is 0.839. The van der Waals surface area contributed by atoms with Gasteiger partial charge in [-0.25, -0.2) is 0 Å². The fourth-order valence-corrected chi connectivity index (χ4v) is 2.40. The van der Waals surface area contributed by atoms with Gasteiger partial charge in [0.2, 0.25) is 0 Å². The van der Waals surface area contributed by atoms with E-state index in [2.05, 4.69) is 26.6 Å². The van der Waals surface area contributed by atoms with Crippen molar-refractivity contribution in [1.29, 1.82) is 0 Å². The Hall–Kier alpha value is -1.52. The largest absolute Gasteiger partial charge is 0.388 e. The molecule has 2 rings (SSSR count). The zero-order valence-electron chi connectivity index (χ0n) is 11.1. The highest BCUT2D eigenvalue weighted by Gasteiger charge is 2.10. The number of nitrogens with one attached hydrogen (secondary N) is 2. The molecule has 2 aromatic carbocycles. The maximum atomic E-state index is 12.2. The number of rotatable bonds is 3. The van der Waals surface area contributed by atoms with E-state index < -0.39 is 0 Å². The monoisotopic (exact) mass is 352 g/mol. The molecule has 1 amide bonds. The number of carbonyl (C=O) groups excluding carboxylic acids is 1. The van der Waals surface area contributed by atoms with Gasteiger partial charge in [0, 0.05) is 22.8 Å². The summed E-state index contributed by atoms with van der Waals surface area (Å²) in [5.74, 6) is -0.184. The molecule has 3 nitrogen and oxygen atoms in total. The first-order valence-electron chi connectivity index (χ1n) is 6.06. The summed E-state index contributed by atoms with van der Waals surface area (Å²) < 4.78 is 0.860. The summed E-state index contributed by atoms with van der Waals surface area (Å²) in [6.07, 6.45) is 0. The molecule has 20 heavy (non-hydrogen) atoms. The second-order valence-electron chi connectivity index (χ2n) is 4.36. The maximum Gasteiger partial charge on any atom is 0.255 e. The van der Waals surface area contributed by atoms with E-state index >= 15 is 0 Å². The molecule has 2 N–H and O–H groups in total. The van der Waals surface area contributed by atoms with Crippen LogP contribution in [0.25, 0.3) is 0 Å². The van der Waals surface area contributed by atoms with Crippen molar-refractivity contribution >= 4 is 44.8 Å². The first-order chi connectivity index (χ1) is 9.51. The molecule has 2 aromatic rings. The standard InChI is InChI=1S/C15H14BrClN2O/c1-9-7-10(3-6-13(9)18-2)15(20)19-14-8-11(16)4-5-12(14)17/h3-8,18H,1-2H3,(H,19,20). The molecule has 0 heterocycles. The van der Waals surface area contributed by atoms with Crippen LogP contribution in [0, 0.1) is 6.92 Å². The Labute approximate surface area is 131 Å². The van der Waals surface area contributed by atoms with Crippen LogP contribution in [-0.4, -0.2) is 13.0 Å². The number of halogens is 2. The van der Waals surface area contributed by atoms with Gasteiger partial charge < -0.3 is 10.6 Å². The maximum absolute atomic E-state index is 12.2. The van der Waals surface area contributed by atoms with Gasteiger partial charge in [0.05, 0.1) is 10.7 Å². The van der Waals surface area contributed by atoms with E-state index in [-0.39, 0.29) is 5.91 Å². The Kier molecular flexibility index (Phi) is 4.68. The van der Waals surface area contributed by atoms with E-state index in [9.17, 15) is 4.79 Å². The Morgan fingerprint density at radius 1 is 1.15 bits per heavy atom. The molecule has 0 aliphatic carbocycles. The van der Waals surface area contributed by atoms with Crippen LogP contribution in [0.3, 0.4) is 0 Å². The first kappa shape index (κ1) is 14.9. The molecule has 0 fully saturated rings. The van der Waals surface area contributed by atoms with Crippen LogP contribution >= 0.6 is 27.5 Å². The van der Waals surface area contributed by atoms with Gasteiger partial charge in [0.15, 0.2) is 0 Å². The van der Waals surface area contributed by atoms with Crippen LogP contribution < -0.4 is 10.6 Å². The van der Waals surface area contributed by atoms with Crippen LogP contribution in [0.5, 0.6) is 0 Å². The predicted octanol–water partition coefficient (Wildman–Crippen LogP) is 4.70. The fourth-order valence-electron chi connectivity index (χ4n) is 1.87. The SMILES string of the molecule is CNc1ccc(C(=O)Nc2cc(Br)ccc2Cl)cc1C. The van der Waals surface area contributed by atoms with E-state index in [1.165, 1.54) is 0 Å². The van der Waals surface area contributed by atoms with Crippen molar-refractivity contribution in [2.45, 2.75) is 6.92 Å². The summed E-state index contributed by atoms with van der Waals surface area (Å²) in [5.41, 5.74) is 3.20. The highest BCUT2D eigenvalue weighted by atomic mass is 79.9. The van der Waals surface area contributed by atoms with Crippen LogP contribution in [0.15, 0.2) is 40.9 Å². The van der Waals surface area contributed by atoms with Crippen molar-refractivity contribution in [1.82, 2.24) is 0 Å². The lowest BCUT2D eigenvalue weighted by atomic mass is 10.1. The topological polar surface area (TPSA) is 41.1 Å². The molecule has 0 unspecified atom stereocenters. The molecule has 0 saturated heterocycles. The van der Waals surface area contributed by atoms with Crippen molar-refractivity contribution in [3.63, 3.8) is 0 Å². The van der Waals surface area contributed by atoms with Crippen LogP contribution in [0.4, 0.5) is 11.4 Å².